The molecule has 1 saturated carbocycles. The summed E-state index contributed by atoms with van der Waals surface area (Å²) in [6.45, 7) is 2.54. The minimum absolute atomic E-state index is 0.0987. The van der Waals surface area contributed by atoms with Gasteiger partial charge in [-0.25, -0.2) is 14.8 Å². The minimum atomic E-state index is -1.03. The summed E-state index contributed by atoms with van der Waals surface area (Å²) in [5.74, 6) is 0.635. The number of ether oxygens (including phenoxy) is 1. The van der Waals surface area contributed by atoms with Gasteiger partial charge in [-0.05, 0) is 44.0 Å². The number of aromatic nitrogens is 2. The molecule has 1 aromatic carbocycles. The monoisotopic (exact) mass is 299 g/mol. The van der Waals surface area contributed by atoms with Gasteiger partial charge in [0.1, 0.15) is 17.1 Å². The Morgan fingerprint density at radius 2 is 2.09 bits per heavy atom. The van der Waals surface area contributed by atoms with Crippen LogP contribution < -0.4 is 10.1 Å². The van der Waals surface area contributed by atoms with Crippen LogP contribution in [0.1, 0.15) is 30.1 Å². The van der Waals surface area contributed by atoms with Gasteiger partial charge in [0, 0.05) is 17.8 Å². The maximum atomic E-state index is 11.3. The van der Waals surface area contributed by atoms with E-state index in [1.165, 1.54) is 6.20 Å². The first-order valence-electron chi connectivity index (χ1n) is 7.27. The van der Waals surface area contributed by atoms with Crippen molar-refractivity contribution in [3.05, 3.63) is 36.0 Å². The number of hydrogen-bond acceptors (Lipinski definition) is 5. The molecule has 1 heterocycles. The molecule has 0 aliphatic heterocycles. The van der Waals surface area contributed by atoms with E-state index in [0.29, 0.717) is 24.3 Å². The minimum Gasteiger partial charge on any atom is -0.494 e. The van der Waals surface area contributed by atoms with Gasteiger partial charge in [0.25, 0.3) is 0 Å². The van der Waals surface area contributed by atoms with Gasteiger partial charge in [-0.3, -0.25) is 0 Å². The molecule has 0 atom stereocenters. The van der Waals surface area contributed by atoms with E-state index in [1.807, 2.05) is 31.2 Å². The second-order valence-electron chi connectivity index (χ2n) is 5.14. The molecule has 6 nitrogen and oxygen atoms in total. The largest absolute Gasteiger partial charge is 0.494 e. The Morgan fingerprint density at radius 1 is 1.36 bits per heavy atom. The van der Waals surface area contributed by atoms with Crippen LogP contribution in [0.15, 0.2) is 30.5 Å². The predicted octanol–water partition coefficient (Wildman–Crippen LogP) is 2.81. The summed E-state index contributed by atoms with van der Waals surface area (Å²) in [5, 5.41) is 12.4. The van der Waals surface area contributed by atoms with Crippen LogP contribution in [0, 0.1) is 0 Å². The number of anilines is 1. The number of carbonyl (C=O) groups is 1. The van der Waals surface area contributed by atoms with Crippen LogP contribution in [0.3, 0.4) is 0 Å². The molecule has 0 spiro atoms. The molecule has 3 rings (SSSR count). The molecule has 2 aromatic rings. The Morgan fingerprint density at radius 3 is 2.68 bits per heavy atom. The fourth-order valence-electron chi connectivity index (χ4n) is 2.08. The third-order valence-electron chi connectivity index (χ3n) is 3.36. The van der Waals surface area contributed by atoms with Crippen molar-refractivity contribution < 1.29 is 14.6 Å². The van der Waals surface area contributed by atoms with Crippen molar-refractivity contribution >= 4 is 11.8 Å². The highest BCUT2D eigenvalue weighted by molar-refractivity contribution is 5.93. The van der Waals surface area contributed by atoms with Gasteiger partial charge in [0.05, 0.1) is 6.61 Å². The van der Waals surface area contributed by atoms with Gasteiger partial charge in [-0.2, -0.15) is 0 Å². The van der Waals surface area contributed by atoms with Crippen LogP contribution in [0.25, 0.3) is 11.4 Å². The molecule has 6 heteroatoms. The van der Waals surface area contributed by atoms with Crippen molar-refractivity contribution in [3.63, 3.8) is 0 Å². The van der Waals surface area contributed by atoms with E-state index in [0.717, 1.165) is 24.2 Å². The number of rotatable bonds is 6. The Bertz CT molecular complexity index is 682. The molecule has 0 radical (unpaired) electrons. The molecule has 2 N–H and O–H groups in total. The maximum Gasteiger partial charge on any atom is 0.341 e. The average Bonchev–Trinajstić information content (AvgIpc) is 3.32. The van der Waals surface area contributed by atoms with Crippen LogP contribution in [0.5, 0.6) is 5.75 Å². The highest BCUT2D eigenvalue weighted by Gasteiger charge is 2.24. The van der Waals surface area contributed by atoms with Gasteiger partial charge in [-0.15, -0.1) is 0 Å². The van der Waals surface area contributed by atoms with Crippen molar-refractivity contribution in [2.45, 2.75) is 25.8 Å². The summed E-state index contributed by atoms with van der Waals surface area (Å²) in [6, 6.07) is 7.74. The van der Waals surface area contributed by atoms with E-state index in [9.17, 15) is 9.90 Å². The Labute approximate surface area is 128 Å². The number of benzene rings is 1. The second kappa shape index (κ2) is 6.01. The van der Waals surface area contributed by atoms with Gasteiger partial charge < -0.3 is 15.2 Å². The van der Waals surface area contributed by atoms with Gasteiger partial charge >= 0.3 is 5.97 Å². The number of carboxylic acids is 1. The molecule has 0 bridgehead atoms. The van der Waals surface area contributed by atoms with Gasteiger partial charge in [0.15, 0.2) is 5.82 Å². The van der Waals surface area contributed by atoms with E-state index in [-0.39, 0.29) is 5.56 Å². The van der Waals surface area contributed by atoms with E-state index >= 15 is 0 Å². The molecule has 1 aliphatic carbocycles. The quantitative estimate of drug-likeness (QED) is 0.853. The van der Waals surface area contributed by atoms with Crippen LogP contribution in [0.4, 0.5) is 5.82 Å². The number of nitrogens with zero attached hydrogens (tertiary/aromatic N) is 2. The molecule has 0 unspecified atom stereocenters. The standard InChI is InChI=1S/C16H17N3O3/c1-2-22-12-7-3-10(4-8-12)14-17-9-13(16(20)21)15(19-14)18-11-5-6-11/h3-4,7-9,11H,2,5-6H2,1H3,(H,20,21)(H,17,18,19). The lowest BCUT2D eigenvalue weighted by molar-refractivity contribution is 0.0697. The zero-order valence-corrected chi connectivity index (χ0v) is 12.2. The molecular formula is C16H17N3O3. The van der Waals surface area contributed by atoms with E-state index in [2.05, 4.69) is 15.3 Å². The van der Waals surface area contributed by atoms with Crippen molar-refractivity contribution in [1.29, 1.82) is 0 Å². The first kappa shape index (κ1) is 14.3. The maximum absolute atomic E-state index is 11.3. The molecule has 1 aliphatic rings. The van der Waals surface area contributed by atoms with Crippen molar-refractivity contribution in [3.8, 4) is 17.1 Å². The summed E-state index contributed by atoms with van der Waals surface area (Å²) >= 11 is 0. The summed E-state index contributed by atoms with van der Waals surface area (Å²) < 4.78 is 5.40. The van der Waals surface area contributed by atoms with E-state index in [4.69, 9.17) is 4.74 Å². The number of hydrogen-bond donors (Lipinski definition) is 2. The van der Waals surface area contributed by atoms with E-state index in [1.54, 1.807) is 0 Å². The lowest BCUT2D eigenvalue weighted by atomic mass is 10.2. The lowest BCUT2D eigenvalue weighted by Gasteiger charge is -2.09. The van der Waals surface area contributed by atoms with Crippen molar-refractivity contribution in [1.82, 2.24) is 9.97 Å². The molecule has 0 amide bonds. The fraction of sp³-hybridized carbons (Fsp3) is 0.312. The predicted molar refractivity (Wildman–Crippen MR) is 82.2 cm³/mol. The first-order chi connectivity index (χ1) is 10.7. The summed E-state index contributed by atoms with van der Waals surface area (Å²) in [5.41, 5.74) is 0.917. The Hall–Kier alpha value is -2.63. The van der Waals surface area contributed by atoms with Gasteiger partial charge in [-0.1, -0.05) is 0 Å². The lowest BCUT2D eigenvalue weighted by Crippen LogP contribution is -2.11. The summed E-state index contributed by atoms with van der Waals surface area (Å²) in [7, 11) is 0. The summed E-state index contributed by atoms with van der Waals surface area (Å²) in [4.78, 5) is 19.8. The number of nitrogens with one attached hydrogen (secondary N) is 1. The van der Waals surface area contributed by atoms with Crippen molar-refractivity contribution in [2.75, 3.05) is 11.9 Å². The molecule has 0 saturated heterocycles. The second-order valence-corrected chi connectivity index (χ2v) is 5.14. The van der Waals surface area contributed by atoms with Gasteiger partial charge in [0.2, 0.25) is 0 Å². The zero-order valence-electron chi connectivity index (χ0n) is 12.2. The first-order valence-corrected chi connectivity index (χ1v) is 7.27. The van der Waals surface area contributed by atoms with Crippen LogP contribution in [-0.4, -0.2) is 33.7 Å². The third-order valence-corrected chi connectivity index (χ3v) is 3.36. The zero-order chi connectivity index (χ0) is 15.5. The third kappa shape index (κ3) is 3.16. The van der Waals surface area contributed by atoms with E-state index < -0.39 is 5.97 Å². The molecule has 1 aromatic heterocycles. The smallest absolute Gasteiger partial charge is 0.341 e. The molecule has 22 heavy (non-hydrogen) atoms. The number of aromatic carboxylic acids is 1. The Balaban J connectivity index is 1.90. The highest BCUT2D eigenvalue weighted by Crippen LogP contribution is 2.27. The van der Waals surface area contributed by atoms with Crippen LogP contribution in [0.2, 0.25) is 0 Å². The fourth-order valence-corrected chi connectivity index (χ4v) is 2.08. The van der Waals surface area contributed by atoms with Crippen molar-refractivity contribution in [2.24, 2.45) is 0 Å². The molecular weight excluding hydrogens is 282 g/mol. The topological polar surface area (TPSA) is 84.3 Å². The van der Waals surface area contributed by atoms with Crippen LogP contribution >= 0.6 is 0 Å². The highest BCUT2D eigenvalue weighted by atomic mass is 16.5. The SMILES string of the molecule is CCOc1ccc(-c2ncc(C(=O)O)c(NC3CC3)n2)cc1. The molecule has 1 fully saturated rings. The average molecular weight is 299 g/mol. The molecule has 114 valence electrons. The Kier molecular flexibility index (Phi) is 3.91. The normalized spacial score (nSPS) is 13.7. The van der Waals surface area contributed by atoms with Crippen LogP contribution in [-0.2, 0) is 0 Å². The summed E-state index contributed by atoms with van der Waals surface area (Å²) in [6.07, 6.45) is 3.44. The number of carboxylic acid groups (broad SMARTS) is 1.